The van der Waals surface area contributed by atoms with E-state index in [1.54, 1.807) is 7.11 Å². The molecule has 0 aliphatic carbocycles. The summed E-state index contributed by atoms with van der Waals surface area (Å²) >= 11 is 0. The smallest absolute Gasteiger partial charge is 0.306 e. The van der Waals surface area contributed by atoms with Crippen LogP contribution in [0.5, 0.6) is 5.75 Å². The number of hydrogen-bond acceptors (Lipinski definition) is 4. The summed E-state index contributed by atoms with van der Waals surface area (Å²) in [6, 6.07) is 7.97. The monoisotopic (exact) mass is 276 g/mol. The van der Waals surface area contributed by atoms with Gasteiger partial charge >= 0.3 is 5.97 Å². The summed E-state index contributed by atoms with van der Waals surface area (Å²) < 4.78 is 16.8. The van der Waals surface area contributed by atoms with Crippen molar-refractivity contribution >= 4 is 5.97 Å². The van der Waals surface area contributed by atoms with E-state index in [1.165, 1.54) is 0 Å². The molecule has 2 aliphatic heterocycles. The van der Waals surface area contributed by atoms with E-state index in [4.69, 9.17) is 14.2 Å². The van der Waals surface area contributed by atoms with E-state index < -0.39 is 0 Å². The molecule has 0 saturated carbocycles. The third-order valence-electron chi connectivity index (χ3n) is 4.22. The summed E-state index contributed by atoms with van der Waals surface area (Å²) in [5.74, 6) is 1.02. The zero-order valence-electron chi connectivity index (χ0n) is 11.9. The van der Waals surface area contributed by atoms with E-state index in [9.17, 15) is 4.79 Å². The number of ether oxygens (including phenoxy) is 3. The molecule has 2 saturated heterocycles. The summed E-state index contributed by atoms with van der Waals surface area (Å²) in [6.07, 6.45) is 2.23. The van der Waals surface area contributed by atoms with Gasteiger partial charge in [-0.2, -0.15) is 0 Å². The second kappa shape index (κ2) is 5.44. The van der Waals surface area contributed by atoms with Crippen molar-refractivity contribution in [2.24, 2.45) is 5.92 Å². The van der Waals surface area contributed by atoms with Crippen LogP contribution in [-0.4, -0.2) is 25.3 Å². The number of esters is 1. The largest absolute Gasteiger partial charge is 0.497 e. The minimum atomic E-state index is -0.0752. The maximum atomic E-state index is 11.5. The predicted octanol–water partition coefficient (Wildman–Crippen LogP) is 2.87. The molecular formula is C16H20O4. The van der Waals surface area contributed by atoms with Crippen molar-refractivity contribution in [1.82, 2.24) is 0 Å². The van der Waals surface area contributed by atoms with Crippen molar-refractivity contribution in [2.45, 2.75) is 44.5 Å². The Morgan fingerprint density at radius 2 is 2.00 bits per heavy atom. The fourth-order valence-electron chi connectivity index (χ4n) is 3.21. The van der Waals surface area contributed by atoms with Gasteiger partial charge in [0.25, 0.3) is 0 Å². The maximum absolute atomic E-state index is 11.5. The van der Waals surface area contributed by atoms with Gasteiger partial charge in [-0.25, -0.2) is 0 Å². The van der Waals surface area contributed by atoms with Crippen LogP contribution in [0.25, 0.3) is 0 Å². The quantitative estimate of drug-likeness (QED) is 0.779. The normalized spacial score (nSPS) is 33.2. The lowest BCUT2D eigenvalue weighted by atomic mass is 9.81. The Morgan fingerprint density at radius 1 is 1.25 bits per heavy atom. The van der Waals surface area contributed by atoms with Crippen LogP contribution in [0.2, 0.25) is 0 Å². The molecule has 1 aromatic rings. The lowest BCUT2D eigenvalue weighted by Gasteiger charge is -2.43. The Bertz CT molecular complexity index is 482. The molecule has 0 amide bonds. The number of carbonyl (C=O) groups is 1. The van der Waals surface area contributed by atoms with Crippen LogP contribution in [0.4, 0.5) is 0 Å². The third-order valence-corrected chi connectivity index (χ3v) is 4.22. The number of carbonyl (C=O) groups excluding carboxylic acids is 1. The minimum absolute atomic E-state index is 0.00255. The molecule has 0 N–H and O–H groups in total. The molecule has 2 aliphatic rings. The Hall–Kier alpha value is -1.55. The first kappa shape index (κ1) is 13.4. The molecule has 0 bridgehead atoms. The zero-order valence-corrected chi connectivity index (χ0v) is 11.9. The molecule has 4 nitrogen and oxygen atoms in total. The van der Waals surface area contributed by atoms with E-state index in [0.29, 0.717) is 6.42 Å². The Labute approximate surface area is 119 Å². The van der Waals surface area contributed by atoms with Gasteiger partial charge in [-0.05, 0) is 31.0 Å². The minimum Gasteiger partial charge on any atom is -0.497 e. The molecule has 0 unspecified atom stereocenters. The highest BCUT2D eigenvalue weighted by atomic mass is 16.6. The summed E-state index contributed by atoms with van der Waals surface area (Å²) in [5, 5.41) is 0. The Balaban J connectivity index is 1.84. The number of hydrogen-bond donors (Lipinski definition) is 0. The van der Waals surface area contributed by atoms with E-state index in [0.717, 1.165) is 24.2 Å². The SMILES string of the molecule is COc1ccc([C@@H]2O[C@H](C)C[C@@H]3OC(=O)CC[C@H]32)cc1. The molecule has 2 fully saturated rings. The van der Waals surface area contributed by atoms with Crippen LogP contribution in [0, 0.1) is 5.92 Å². The van der Waals surface area contributed by atoms with Gasteiger partial charge in [0.1, 0.15) is 11.9 Å². The van der Waals surface area contributed by atoms with Gasteiger partial charge in [0.15, 0.2) is 0 Å². The fraction of sp³-hybridized carbons (Fsp3) is 0.562. The van der Waals surface area contributed by atoms with Gasteiger partial charge in [-0.3, -0.25) is 4.79 Å². The van der Waals surface area contributed by atoms with Gasteiger partial charge in [-0.1, -0.05) is 12.1 Å². The van der Waals surface area contributed by atoms with E-state index in [2.05, 4.69) is 0 Å². The molecular weight excluding hydrogens is 256 g/mol. The van der Waals surface area contributed by atoms with Gasteiger partial charge in [0.2, 0.25) is 0 Å². The summed E-state index contributed by atoms with van der Waals surface area (Å²) in [4.78, 5) is 11.5. The molecule has 20 heavy (non-hydrogen) atoms. The van der Waals surface area contributed by atoms with Crippen molar-refractivity contribution in [1.29, 1.82) is 0 Å². The van der Waals surface area contributed by atoms with Gasteiger partial charge < -0.3 is 14.2 Å². The van der Waals surface area contributed by atoms with Crippen LogP contribution >= 0.6 is 0 Å². The molecule has 4 heteroatoms. The average molecular weight is 276 g/mol. The summed E-state index contributed by atoms with van der Waals surface area (Å²) in [5.41, 5.74) is 1.13. The number of methoxy groups -OCH3 is 1. The highest BCUT2D eigenvalue weighted by Crippen LogP contribution is 2.42. The summed E-state index contributed by atoms with van der Waals surface area (Å²) in [7, 11) is 1.66. The molecule has 0 radical (unpaired) electrons. The standard InChI is InChI=1S/C16H20O4/c1-10-9-14-13(7-8-15(17)20-14)16(19-10)11-3-5-12(18-2)6-4-11/h3-6,10,13-14,16H,7-9H2,1-2H3/t10-,13-,14+,16+/m1/s1. The first-order valence-electron chi connectivity index (χ1n) is 7.16. The lowest BCUT2D eigenvalue weighted by Crippen LogP contribution is -2.44. The van der Waals surface area contributed by atoms with Gasteiger partial charge in [0.05, 0.1) is 19.3 Å². The van der Waals surface area contributed by atoms with Crippen LogP contribution in [-0.2, 0) is 14.3 Å². The highest BCUT2D eigenvalue weighted by Gasteiger charge is 2.42. The molecule has 0 aromatic heterocycles. The van der Waals surface area contributed by atoms with E-state index in [1.807, 2.05) is 31.2 Å². The molecule has 4 atom stereocenters. The first-order chi connectivity index (χ1) is 9.67. The molecule has 3 rings (SSSR count). The predicted molar refractivity (Wildman–Crippen MR) is 73.5 cm³/mol. The van der Waals surface area contributed by atoms with Crippen molar-refractivity contribution in [3.05, 3.63) is 29.8 Å². The maximum Gasteiger partial charge on any atom is 0.306 e. The third kappa shape index (κ3) is 2.52. The molecule has 2 heterocycles. The van der Waals surface area contributed by atoms with Crippen LogP contribution in [0.15, 0.2) is 24.3 Å². The second-order valence-electron chi connectivity index (χ2n) is 5.61. The second-order valence-corrected chi connectivity index (χ2v) is 5.61. The molecule has 0 spiro atoms. The fourth-order valence-corrected chi connectivity index (χ4v) is 3.21. The molecule has 108 valence electrons. The van der Waals surface area contributed by atoms with E-state index in [-0.39, 0.29) is 30.2 Å². The van der Waals surface area contributed by atoms with Crippen molar-refractivity contribution in [2.75, 3.05) is 7.11 Å². The first-order valence-corrected chi connectivity index (χ1v) is 7.16. The van der Waals surface area contributed by atoms with Crippen molar-refractivity contribution < 1.29 is 19.0 Å². The van der Waals surface area contributed by atoms with Gasteiger partial charge in [0, 0.05) is 18.8 Å². The van der Waals surface area contributed by atoms with Crippen LogP contribution in [0.3, 0.4) is 0 Å². The number of rotatable bonds is 2. The topological polar surface area (TPSA) is 44.8 Å². The highest BCUT2D eigenvalue weighted by molar-refractivity contribution is 5.70. The Morgan fingerprint density at radius 3 is 2.70 bits per heavy atom. The zero-order chi connectivity index (χ0) is 14.1. The van der Waals surface area contributed by atoms with Crippen LogP contribution < -0.4 is 4.74 Å². The number of fused-ring (bicyclic) bond motifs is 1. The lowest BCUT2D eigenvalue weighted by molar-refractivity contribution is -0.188. The van der Waals surface area contributed by atoms with E-state index >= 15 is 0 Å². The average Bonchev–Trinajstić information content (AvgIpc) is 2.46. The number of benzene rings is 1. The van der Waals surface area contributed by atoms with Crippen molar-refractivity contribution in [3.8, 4) is 5.75 Å². The van der Waals surface area contributed by atoms with Crippen molar-refractivity contribution in [3.63, 3.8) is 0 Å². The summed E-state index contributed by atoms with van der Waals surface area (Å²) in [6.45, 7) is 2.04. The molecule has 1 aromatic carbocycles. The van der Waals surface area contributed by atoms with Gasteiger partial charge in [-0.15, -0.1) is 0 Å². The Kier molecular flexibility index (Phi) is 3.66. The van der Waals surface area contributed by atoms with Crippen LogP contribution in [0.1, 0.15) is 37.9 Å².